The highest BCUT2D eigenvalue weighted by molar-refractivity contribution is 7.90. The van der Waals surface area contributed by atoms with Gasteiger partial charge in [-0.25, -0.2) is 4.98 Å². The molecule has 41 heavy (non-hydrogen) atoms. The van der Waals surface area contributed by atoms with E-state index in [-0.39, 0.29) is 18.0 Å². The van der Waals surface area contributed by atoms with Crippen molar-refractivity contribution in [3.8, 4) is 23.1 Å². The molecule has 2 aliphatic carbocycles. The highest BCUT2D eigenvalue weighted by Crippen LogP contribution is 2.40. The van der Waals surface area contributed by atoms with Gasteiger partial charge in [-0.3, -0.25) is 4.79 Å². The van der Waals surface area contributed by atoms with Crippen LogP contribution in [-0.4, -0.2) is 79.3 Å². The van der Waals surface area contributed by atoms with Gasteiger partial charge in [0.25, 0.3) is 5.91 Å². The SMILES string of the molecule is COc1ccc2cc(-c3nc4cc(C(=O)N5CC6CCC5C6N)cc(OC)c4n3CC[S+](C)O)n(CC3CC3)c2n1. The molecule has 0 radical (unpaired) electrons. The lowest BCUT2D eigenvalue weighted by Gasteiger charge is -2.27. The van der Waals surface area contributed by atoms with E-state index in [0.29, 0.717) is 53.4 Å². The summed E-state index contributed by atoms with van der Waals surface area (Å²) in [6, 6.07) is 9.91. The normalized spacial score (nSPS) is 22.7. The number of aryl methyl sites for hydroxylation is 1. The molecular formula is C30H37N6O4S+. The predicted molar refractivity (Wildman–Crippen MR) is 161 cm³/mol. The number of nitrogens with two attached hydrogens (primary N) is 1. The van der Waals surface area contributed by atoms with E-state index in [1.807, 2.05) is 35.4 Å². The van der Waals surface area contributed by atoms with Crippen LogP contribution in [0.2, 0.25) is 0 Å². The zero-order valence-electron chi connectivity index (χ0n) is 23.7. The zero-order valence-corrected chi connectivity index (χ0v) is 24.6. The smallest absolute Gasteiger partial charge is 0.254 e. The second-order valence-corrected chi connectivity index (χ2v) is 13.3. The summed E-state index contributed by atoms with van der Waals surface area (Å²) in [5.74, 6) is 3.48. The predicted octanol–water partition coefficient (Wildman–Crippen LogP) is 3.76. The van der Waals surface area contributed by atoms with Crippen LogP contribution in [-0.2, 0) is 24.3 Å². The van der Waals surface area contributed by atoms with Crippen LogP contribution in [0.15, 0.2) is 30.3 Å². The molecule has 3 aromatic heterocycles. The quantitative estimate of drug-likeness (QED) is 0.291. The maximum atomic E-state index is 13.8. The summed E-state index contributed by atoms with van der Waals surface area (Å²) in [6.45, 7) is 2.11. The third-order valence-corrected chi connectivity index (χ3v) is 9.87. The van der Waals surface area contributed by atoms with Gasteiger partial charge in [0.2, 0.25) is 5.88 Å². The number of methoxy groups -OCH3 is 2. The number of hydrogen-bond acceptors (Lipinski definition) is 7. The Balaban J connectivity index is 1.39. The van der Waals surface area contributed by atoms with E-state index < -0.39 is 11.2 Å². The fourth-order valence-corrected chi connectivity index (χ4v) is 7.19. The molecule has 7 rings (SSSR count). The van der Waals surface area contributed by atoms with Crippen LogP contribution in [0.1, 0.15) is 36.0 Å². The Morgan fingerprint density at radius 1 is 1.10 bits per heavy atom. The Kier molecular flexibility index (Phi) is 6.63. The summed E-state index contributed by atoms with van der Waals surface area (Å²) in [7, 11) is 3.26. The third kappa shape index (κ3) is 4.54. The lowest BCUT2D eigenvalue weighted by Crippen LogP contribution is -2.41. The zero-order chi connectivity index (χ0) is 28.4. The van der Waals surface area contributed by atoms with E-state index in [1.165, 1.54) is 12.8 Å². The van der Waals surface area contributed by atoms with Crippen molar-refractivity contribution in [3.63, 3.8) is 0 Å². The lowest BCUT2D eigenvalue weighted by atomic mass is 10.1. The highest BCUT2D eigenvalue weighted by atomic mass is 32.2. The molecule has 2 bridgehead atoms. The molecular weight excluding hydrogens is 540 g/mol. The molecule has 216 valence electrons. The molecule has 1 saturated heterocycles. The average Bonchev–Trinajstić information content (AvgIpc) is 3.33. The number of likely N-dealkylation sites (tertiary alicyclic amines) is 1. The molecule has 1 aliphatic heterocycles. The van der Waals surface area contributed by atoms with Crippen LogP contribution in [0.5, 0.6) is 11.6 Å². The number of rotatable bonds is 9. The van der Waals surface area contributed by atoms with E-state index in [2.05, 4.69) is 15.2 Å². The molecule has 3 N–H and O–H groups in total. The average molecular weight is 578 g/mol. The Labute approximate surface area is 242 Å². The first-order valence-corrected chi connectivity index (χ1v) is 16.1. The van der Waals surface area contributed by atoms with Crippen molar-refractivity contribution < 1.29 is 18.8 Å². The molecule has 3 fully saturated rings. The number of carbonyl (C=O) groups excluding carboxylic acids is 1. The van der Waals surface area contributed by atoms with Crippen molar-refractivity contribution in [2.45, 2.75) is 50.9 Å². The number of carbonyl (C=O) groups is 1. The highest BCUT2D eigenvalue weighted by Gasteiger charge is 2.47. The van der Waals surface area contributed by atoms with Crippen molar-refractivity contribution in [1.82, 2.24) is 24.0 Å². The number of benzene rings is 1. The van der Waals surface area contributed by atoms with Crippen LogP contribution in [0.25, 0.3) is 33.6 Å². The Bertz CT molecular complexity index is 1640. The molecule has 4 aromatic rings. The second kappa shape index (κ2) is 10.2. The number of pyridine rings is 1. The number of imidazole rings is 1. The van der Waals surface area contributed by atoms with Gasteiger partial charge < -0.3 is 29.2 Å². The summed E-state index contributed by atoms with van der Waals surface area (Å²) in [5, 5.41) is 1.01. The first kappa shape index (κ1) is 26.6. The van der Waals surface area contributed by atoms with Gasteiger partial charge in [0.15, 0.2) is 11.6 Å². The van der Waals surface area contributed by atoms with Crippen LogP contribution in [0.4, 0.5) is 0 Å². The molecule has 4 heterocycles. The molecule has 1 amide bonds. The summed E-state index contributed by atoms with van der Waals surface area (Å²) in [4.78, 5) is 25.7. The Morgan fingerprint density at radius 2 is 1.93 bits per heavy atom. The van der Waals surface area contributed by atoms with Crippen molar-refractivity contribution >= 4 is 39.1 Å². The van der Waals surface area contributed by atoms with E-state index in [9.17, 15) is 9.35 Å². The molecule has 1 aromatic carbocycles. The van der Waals surface area contributed by atoms with Gasteiger partial charge in [0.05, 0.1) is 32.0 Å². The standard InChI is InChI=1S/C30H37N6O4S/c1-39-24-14-20(30(37)36-16-19-6-8-22(36)26(19)31)12-21-27(24)34(10-11-41(3)38)29(32-21)23-13-18-7-9-25(40-2)33-28(18)35(23)15-17-4-5-17/h7,9,12-14,17,19,22,26,38H,4-6,8,10-11,15-16,31H2,1-3H3/q+1. The molecule has 4 atom stereocenters. The van der Waals surface area contributed by atoms with E-state index in [4.69, 9.17) is 25.2 Å². The Hall–Kier alpha value is -3.28. The number of amides is 1. The van der Waals surface area contributed by atoms with Crippen molar-refractivity contribution in [3.05, 3.63) is 35.9 Å². The summed E-state index contributed by atoms with van der Waals surface area (Å²) >= 11 is -0.756. The molecule has 2 saturated carbocycles. The molecule has 4 unspecified atom stereocenters. The maximum absolute atomic E-state index is 13.8. The molecule has 10 nitrogen and oxygen atoms in total. The number of aromatic nitrogens is 4. The van der Waals surface area contributed by atoms with Crippen LogP contribution >= 0.6 is 0 Å². The number of hydrogen-bond donors (Lipinski definition) is 2. The van der Waals surface area contributed by atoms with Crippen molar-refractivity contribution in [1.29, 1.82) is 0 Å². The van der Waals surface area contributed by atoms with Crippen molar-refractivity contribution in [2.24, 2.45) is 17.6 Å². The van der Waals surface area contributed by atoms with E-state index in [0.717, 1.165) is 47.5 Å². The molecule has 0 spiro atoms. The van der Waals surface area contributed by atoms with Crippen LogP contribution < -0.4 is 15.2 Å². The summed E-state index contributed by atoms with van der Waals surface area (Å²) < 4.78 is 26.0. The van der Waals surface area contributed by atoms with Gasteiger partial charge in [-0.2, -0.15) is 9.54 Å². The fourth-order valence-electron chi connectivity index (χ4n) is 6.75. The largest absolute Gasteiger partial charge is 0.494 e. The first-order chi connectivity index (χ1) is 19.9. The van der Waals surface area contributed by atoms with E-state index in [1.54, 1.807) is 14.2 Å². The number of piperidine rings is 1. The van der Waals surface area contributed by atoms with Gasteiger partial charge >= 0.3 is 0 Å². The number of ether oxygens (including phenoxy) is 2. The van der Waals surface area contributed by atoms with Gasteiger partial charge in [0, 0.05) is 42.2 Å². The molecule has 3 aliphatic rings. The molecule has 11 heteroatoms. The van der Waals surface area contributed by atoms with E-state index >= 15 is 0 Å². The lowest BCUT2D eigenvalue weighted by molar-refractivity contribution is 0.0700. The minimum atomic E-state index is -0.756. The monoisotopic (exact) mass is 577 g/mol. The maximum Gasteiger partial charge on any atom is 0.254 e. The number of fused-ring (bicyclic) bond motifs is 4. The topological polar surface area (TPSA) is 121 Å². The van der Waals surface area contributed by atoms with Gasteiger partial charge in [0.1, 0.15) is 34.3 Å². The fraction of sp³-hybridized carbons (Fsp3) is 0.500. The van der Waals surface area contributed by atoms with Crippen LogP contribution in [0.3, 0.4) is 0 Å². The first-order valence-electron chi connectivity index (χ1n) is 14.4. The van der Waals surface area contributed by atoms with Crippen molar-refractivity contribution in [2.75, 3.05) is 32.8 Å². The third-order valence-electron chi connectivity index (χ3n) is 9.09. The van der Waals surface area contributed by atoms with Gasteiger partial charge in [-0.05, 0) is 61.8 Å². The van der Waals surface area contributed by atoms with Gasteiger partial charge in [-0.15, -0.1) is 0 Å². The van der Waals surface area contributed by atoms with Gasteiger partial charge in [-0.1, -0.05) is 0 Å². The minimum absolute atomic E-state index is 0.0199. The minimum Gasteiger partial charge on any atom is -0.494 e. The second-order valence-electron chi connectivity index (χ2n) is 11.7. The summed E-state index contributed by atoms with van der Waals surface area (Å²) in [6.07, 6.45) is 6.26. The Morgan fingerprint density at radius 3 is 2.59 bits per heavy atom. The van der Waals surface area contributed by atoms with Crippen LogP contribution in [0, 0.1) is 11.8 Å². The summed E-state index contributed by atoms with van der Waals surface area (Å²) in [5.41, 5.74) is 10.3. The number of nitrogens with zero attached hydrogens (tertiary/aromatic N) is 5.